The molecule has 4 rings (SSSR count). The van der Waals surface area contributed by atoms with Crippen molar-refractivity contribution < 1.29 is 4.74 Å². The molecular formula is C21H22N6O2. The summed E-state index contributed by atoms with van der Waals surface area (Å²) in [4.78, 5) is 18.0. The molecule has 0 fully saturated rings. The molecule has 3 heterocycles. The second kappa shape index (κ2) is 7.83. The van der Waals surface area contributed by atoms with Crippen molar-refractivity contribution >= 4 is 11.0 Å². The number of para-hydroxylation sites is 1. The van der Waals surface area contributed by atoms with Gasteiger partial charge in [-0.15, -0.1) is 5.10 Å². The van der Waals surface area contributed by atoms with Crippen LogP contribution in [-0.2, 0) is 13.5 Å². The number of hydrogen-bond acceptors (Lipinski definition) is 6. The molecule has 0 bridgehead atoms. The highest BCUT2D eigenvalue weighted by molar-refractivity contribution is 5.80. The van der Waals surface area contributed by atoms with Crippen LogP contribution in [-0.4, -0.2) is 36.1 Å². The smallest absolute Gasteiger partial charge is 0.281 e. The lowest BCUT2D eigenvalue weighted by Crippen LogP contribution is -2.20. The van der Waals surface area contributed by atoms with Crippen LogP contribution in [0.3, 0.4) is 0 Å². The minimum Gasteiger partial charge on any atom is -0.493 e. The zero-order valence-electron chi connectivity index (χ0n) is 16.7. The van der Waals surface area contributed by atoms with Crippen molar-refractivity contribution in [3.8, 4) is 23.0 Å². The monoisotopic (exact) mass is 390 g/mol. The highest BCUT2D eigenvalue weighted by Gasteiger charge is 2.21. The van der Waals surface area contributed by atoms with E-state index in [0.29, 0.717) is 41.5 Å². The number of aryl methyl sites for hydroxylation is 1. The minimum atomic E-state index is -0.215. The van der Waals surface area contributed by atoms with E-state index in [2.05, 4.69) is 22.2 Å². The quantitative estimate of drug-likeness (QED) is 0.503. The van der Waals surface area contributed by atoms with Gasteiger partial charge in [0.2, 0.25) is 0 Å². The summed E-state index contributed by atoms with van der Waals surface area (Å²) in [6.07, 6.45) is 3.13. The van der Waals surface area contributed by atoms with Gasteiger partial charge in [0, 0.05) is 13.2 Å². The summed E-state index contributed by atoms with van der Waals surface area (Å²) in [6.45, 7) is 4.65. The predicted molar refractivity (Wildman–Crippen MR) is 110 cm³/mol. The Morgan fingerprint density at radius 2 is 1.90 bits per heavy atom. The third-order valence-corrected chi connectivity index (χ3v) is 4.70. The van der Waals surface area contributed by atoms with Crippen LogP contribution in [0, 0.1) is 0 Å². The fourth-order valence-electron chi connectivity index (χ4n) is 3.29. The molecule has 0 aliphatic carbocycles. The lowest BCUT2D eigenvalue weighted by Gasteiger charge is -2.13. The summed E-state index contributed by atoms with van der Waals surface area (Å²) in [5.74, 6) is 1.80. The van der Waals surface area contributed by atoms with E-state index in [1.165, 1.54) is 4.57 Å². The molecule has 0 aliphatic rings. The molecule has 1 aromatic carbocycles. The summed E-state index contributed by atoms with van der Waals surface area (Å²) in [7, 11) is 1.70. The fourth-order valence-corrected chi connectivity index (χ4v) is 3.29. The van der Waals surface area contributed by atoms with E-state index >= 15 is 0 Å². The van der Waals surface area contributed by atoms with Crippen LogP contribution in [0.5, 0.6) is 5.75 Å². The molecule has 0 amide bonds. The average molecular weight is 390 g/mol. The van der Waals surface area contributed by atoms with Crippen LogP contribution >= 0.6 is 0 Å². The van der Waals surface area contributed by atoms with Crippen molar-refractivity contribution in [3.63, 3.8) is 0 Å². The Kier molecular flexibility index (Phi) is 5.07. The fraction of sp³-hybridized carbons (Fsp3) is 0.286. The Morgan fingerprint density at radius 1 is 1.07 bits per heavy atom. The van der Waals surface area contributed by atoms with Crippen molar-refractivity contribution in [1.29, 1.82) is 0 Å². The first-order chi connectivity index (χ1) is 14.2. The van der Waals surface area contributed by atoms with E-state index in [0.717, 1.165) is 17.7 Å². The summed E-state index contributed by atoms with van der Waals surface area (Å²) in [6, 6.07) is 11.2. The first-order valence-corrected chi connectivity index (χ1v) is 9.64. The van der Waals surface area contributed by atoms with Crippen LogP contribution in [0.1, 0.15) is 26.0 Å². The Bertz CT molecular complexity index is 1210. The van der Waals surface area contributed by atoms with Gasteiger partial charge in [0.05, 0.1) is 17.9 Å². The van der Waals surface area contributed by atoms with Gasteiger partial charge >= 0.3 is 0 Å². The number of hydrogen-bond donors (Lipinski definition) is 0. The van der Waals surface area contributed by atoms with Crippen LogP contribution in [0.15, 0.2) is 47.4 Å². The van der Waals surface area contributed by atoms with E-state index in [9.17, 15) is 4.79 Å². The molecule has 0 N–H and O–H groups in total. The third kappa shape index (κ3) is 3.26. The van der Waals surface area contributed by atoms with Crippen molar-refractivity contribution in [2.24, 2.45) is 7.05 Å². The van der Waals surface area contributed by atoms with Gasteiger partial charge in [0.25, 0.3) is 5.56 Å². The standard InChI is InChI=1S/C21H22N6O2/c1-4-13-29-16-10-7-6-9-14(16)20-23-18-15(5-2)27(17-11-8-12-22-24-17)25-19(18)21(28)26(20)3/h6-12H,4-5,13H2,1-3H3. The molecule has 0 unspecified atom stereocenters. The Balaban J connectivity index is 1.97. The average Bonchev–Trinajstić information content (AvgIpc) is 3.14. The third-order valence-electron chi connectivity index (χ3n) is 4.70. The van der Waals surface area contributed by atoms with Crippen molar-refractivity contribution in [3.05, 3.63) is 58.6 Å². The van der Waals surface area contributed by atoms with Crippen LogP contribution in [0.4, 0.5) is 0 Å². The highest BCUT2D eigenvalue weighted by Crippen LogP contribution is 2.29. The van der Waals surface area contributed by atoms with E-state index in [4.69, 9.17) is 9.72 Å². The van der Waals surface area contributed by atoms with Crippen molar-refractivity contribution in [1.82, 2.24) is 29.5 Å². The molecule has 0 aliphatic heterocycles. The van der Waals surface area contributed by atoms with Gasteiger partial charge in [-0.25, -0.2) is 9.67 Å². The summed E-state index contributed by atoms with van der Waals surface area (Å²) >= 11 is 0. The molecule has 0 saturated carbocycles. The molecule has 0 spiro atoms. The lowest BCUT2D eigenvalue weighted by atomic mass is 10.1. The maximum Gasteiger partial charge on any atom is 0.281 e. The first-order valence-electron chi connectivity index (χ1n) is 9.64. The van der Waals surface area contributed by atoms with Gasteiger partial charge in [-0.05, 0) is 37.1 Å². The van der Waals surface area contributed by atoms with Gasteiger partial charge in [0.15, 0.2) is 11.3 Å². The SMILES string of the molecule is CCCOc1ccccc1-c1nc2c(CC)n(-c3cccnn3)nc2c(=O)n1C. The van der Waals surface area contributed by atoms with Gasteiger partial charge in [-0.1, -0.05) is 26.0 Å². The zero-order valence-corrected chi connectivity index (χ0v) is 16.7. The van der Waals surface area contributed by atoms with Crippen LogP contribution in [0.25, 0.3) is 28.2 Å². The molecule has 0 saturated heterocycles. The van der Waals surface area contributed by atoms with Crippen molar-refractivity contribution in [2.75, 3.05) is 6.61 Å². The maximum absolute atomic E-state index is 13.1. The first kappa shape index (κ1) is 18.8. The topological polar surface area (TPSA) is 87.7 Å². The van der Waals surface area contributed by atoms with Crippen LogP contribution in [0.2, 0.25) is 0 Å². The summed E-state index contributed by atoms with van der Waals surface area (Å²) in [5, 5.41) is 12.6. The van der Waals surface area contributed by atoms with E-state index in [-0.39, 0.29) is 5.56 Å². The molecule has 8 heteroatoms. The second-order valence-corrected chi connectivity index (χ2v) is 6.64. The Hall–Kier alpha value is -3.55. The van der Waals surface area contributed by atoms with Gasteiger partial charge < -0.3 is 4.74 Å². The molecule has 148 valence electrons. The van der Waals surface area contributed by atoms with E-state index in [1.807, 2.05) is 31.2 Å². The number of fused-ring (bicyclic) bond motifs is 1. The number of aromatic nitrogens is 6. The number of nitrogens with zero attached hydrogens (tertiary/aromatic N) is 6. The summed E-state index contributed by atoms with van der Waals surface area (Å²) in [5.41, 5.74) is 2.25. The molecular weight excluding hydrogens is 368 g/mol. The highest BCUT2D eigenvalue weighted by atomic mass is 16.5. The van der Waals surface area contributed by atoms with Crippen molar-refractivity contribution in [2.45, 2.75) is 26.7 Å². The van der Waals surface area contributed by atoms with Gasteiger partial charge in [-0.3, -0.25) is 9.36 Å². The van der Waals surface area contributed by atoms with Crippen LogP contribution < -0.4 is 10.3 Å². The summed E-state index contributed by atoms with van der Waals surface area (Å²) < 4.78 is 9.05. The molecule has 0 atom stereocenters. The minimum absolute atomic E-state index is 0.215. The van der Waals surface area contributed by atoms with E-state index < -0.39 is 0 Å². The molecule has 4 aromatic rings. The maximum atomic E-state index is 13.1. The number of benzene rings is 1. The molecule has 3 aromatic heterocycles. The Morgan fingerprint density at radius 3 is 2.62 bits per heavy atom. The Labute approximate surface area is 167 Å². The zero-order chi connectivity index (χ0) is 20.4. The predicted octanol–water partition coefficient (Wildman–Crippen LogP) is 2.93. The normalized spacial score (nSPS) is 11.1. The van der Waals surface area contributed by atoms with Gasteiger partial charge in [-0.2, -0.15) is 10.2 Å². The molecule has 8 nitrogen and oxygen atoms in total. The number of rotatable bonds is 6. The van der Waals surface area contributed by atoms with E-state index in [1.54, 1.807) is 30.1 Å². The lowest BCUT2D eigenvalue weighted by molar-refractivity contribution is 0.318. The molecule has 0 radical (unpaired) electrons. The number of ether oxygens (including phenoxy) is 1. The molecule has 29 heavy (non-hydrogen) atoms. The largest absolute Gasteiger partial charge is 0.493 e. The second-order valence-electron chi connectivity index (χ2n) is 6.64. The van der Waals surface area contributed by atoms with Gasteiger partial charge in [0.1, 0.15) is 17.1 Å².